The number of rotatable bonds is 12. The van der Waals surface area contributed by atoms with Crippen LogP contribution < -0.4 is 10.6 Å². The van der Waals surface area contributed by atoms with E-state index < -0.39 is 36.4 Å². The van der Waals surface area contributed by atoms with Crippen LogP contribution in [0.15, 0.2) is 30.6 Å². The molecule has 0 unspecified atom stereocenters. The summed E-state index contributed by atoms with van der Waals surface area (Å²) in [7, 11) is 1.44. The maximum atomic E-state index is 12.7. The van der Waals surface area contributed by atoms with E-state index >= 15 is 0 Å². The minimum atomic E-state index is -1.40. The van der Waals surface area contributed by atoms with Crippen molar-refractivity contribution in [1.29, 1.82) is 0 Å². The van der Waals surface area contributed by atoms with Crippen LogP contribution in [-0.2, 0) is 25.6 Å². The summed E-state index contributed by atoms with van der Waals surface area (Å²) in [6.45, 7) is 2.60. The second kappa shape index (κ2) is 13.7. The molecule has 1 aliphatic rings. The highest BCUT2D eigenvalue weighted by molar-refractivity contribution is 14.1. The van der Waals surface area contributed by atoms with Gasteiger partial charge in [0.2, 0.25) is 5.28 Å². The van der Waals surface area contributed by atoms with Crippen LogP contribution in [0.4, 0.5) is 5.82 Å². The maximum absolute atomic E-state index is 12.7. The Labute approximate surface area is 245 Å². The molecule has 1 fully saturated rings. The molecule has 1 saturated heterocycles. The Kier molecular flexibility index (Phi) is 10.3. The number of fused-ring (bicyclic) bond motifs is 1. The molecule has 0 bridgehead atoms. The van der Waals surface area contributed by atoms with Crippen molar-refractivity contribution in [1.82, 2.24) is 24.8 Å². The van der Waals surface area contributed by atoms with Crippen LogP contribution in [0.5, 0.6) is 0 Å². The molecule has 0 aliphatic carbocycles. The second-order valence-corrected chi connectivity index (χ2v) is 10.9. The lowest BCUT2D eigenvalue weighted by Gasteiger charge is -2.22. The molecule has 4 rings (SSSR count). The number of likely N-dealkylation sites (N-methyl/N-ethyl adjacent to an activating group) is 1. The molecule has 1 aromatic carbocycles. The highest BCUT2D eigenvalue weighted by Gasteiger charge is 2.50. The van der Waals surface area contributed by atoms with E-state index in [0.29, 0.717) is 29.9 Å². The monoisotopic (exact) mass is 670 g/mol. The lowest BCUT2D eigenvalue weighted by atomic mass is 10.1. The minimum absolute atomic E-state index is 0.0311. The fourth-order valence-electron chi connectivity index (χ4n) is 4.48. The summed E-state index contributed by atoms with van der Waals surface area (Å²) in [5.74, 6) is -0.606. The zero-order chi connectivity index (χ0) is 27.9. The van der Waals surface area contributed by atoms with Crippen LogP contribution in [0.25, 0.3) is 11.2 Å². The van der Waals surface area contributed by atoms with Gasteiger partial charge in [0.15, 0.2) is 35.4 Å². The van der Waals surface area contributed by atoms with Gasteiger partial charge in [-0.1, -0.05) is 44.7 Å². The first-order valence-corrected chi connectivity index (χ1v) is 14.4. The number of carbonyl (C=O) groups excluding carboxylic acids is 2. The van der Waals surface area contributed by atoms with Crippen molar-refractivity contribution in [3.05, 3.63) is 45.0 Å². The summed E-state index contributed by atoms with van der Waals surface area (Å²) in [6, 6.07) is 8.00. The number of carbonyl (C=O) groups is 2. The maximum Gasteiger partial charge on any atom is 0.306 e. The predicted octanol–water partition coefficient (Wildman–Crippen LogP) is 3.97. The van der Waals surface area contributed by atoms with E-state index in [2.05, 4.69) is 55.1 Å². The summed E-state index contributed by atoms with van der Waals surface area (Å²) in [5.41, 5.74) is 1.75. The third-order valence-corrected chi connectivity index (χ3v) is 7.33. The van der Waals surface area contributed by atoms with E-state index in [0.717, 1.165) is 34.8 Å². The molecule has 1 amide bonds. The number of amides is 1. The summed E-state index contributed by atoms with van der Waals surface area (Å²) in [6.07, 6.45) is 1.62. The number of hydrogen-bond donors (Lipinski definition) is 3. The molecular weight excluding hydrogens is 639 g/mol. The number of esters is 1. The molecule has 0 radical (unpaired) electrons. The van der Waals surface area contributed by atoms with E-state index in [-0.39, 0.29) is 11.7 Å². The lowest BCUT2D eigenvalue weighted by molar-refractivity contribution is -0.158. The third-order valence-electron chi connectivity index (χ3n) is 6.49. The number of hydrogen-bond acceptors (Lipinski definition) is 9. The average Bonchev–Trinajstić information content (AvgIpc) is 3.47. The molecule has 11 nitrogen and oxygen atoms in total. The number of ether oxygens (including phenoxy) is 2. The molecule has 2 aromatic heterocycles. The number of nitrogens with zero attached hydrogens (tertiary/aromatic N) is 4. The fraction of sp³-hybridized carbons (Fsp3) is 0.500. The van der Waals surface area contributed by atoms with Gasteiger partial charge in [-0.05, 0) is 58.3 Å². The molecule has 0 spiro atoms. The van der Waals surface area contributed by atoms with Gasteiger partial charge in [-0.2, -0.15) is 9.97 Å². The predicted molar refractivity (Wildman–Crippen MR) is 154 cm³/mol. The number of halogens is 2. The summed E-state index contributed by atoms with van der Waals surface area (Å²) >= 11 is 8.51. The molecule has 210 valence electrons. The van der Waals surface area contributed by atoms with Crippen LogP contribution in [0, 0.1) is 3.57 Å². The Morgan fingerprint density at radius 1 is 1.23 bits per heavy atom. The van der Waals surface area contributed by atoms with Gasteiger partial charge in [0.05, 0.1) is 6.33 Å². The van der Waals surface area contributed by atoms with Gasteiger partial charge >= 0.3 is 5.97 Å². The Hall–Kier alpha value is -2.55. The van der Waals surface area contributed by atoms with Crippen molar-refractivity contribution in [3.8, 4) is 0 Å². The Balaban J connectivity index is 1.58. The first-order chi connectivity index (χ1) is 18.8. The van der Waals surface area contributed by atoms with Crippen molar-refractivity contribution < 1.29 is 24.2 Å². The summed E-state index contributed by atoms with van der Waals surface area (Å²) < 4.78 is 14.2. The van der Waals surface area contributed by atoms with Crippen LogP contribution in [0.2, 0.25) is 5.28 Å². The highest BCUT2D eigenvalue weighted by atomic mass is 127. The van der Waals surface area contributed by atoms with Gasteiger partial charge in [-0.3, -0.25) is 14.2 Å². The van der Waals surface area contributed by atoms with Crippen LogP contribution in [0.1, 0.15) is 57.2 Å². The molecule has 4 atom stereocenters. The van der Waals surface area contributed by atoms with Crippen LogP contribution in [0.3, 0.4) is 0 Å². The molecule has 39 heavy (non-hydrogen) atoms. The Morgan fingerprint density at radius 2 is 2.03 bits per heavy atom. The largest absolute Gasteiger partial charge is 0.455 e. The number of anilines is 1. The third kappa shape index (κ3) is 7.16. The van der Waals surface area contributed by atoms with Gasteiger partial charge in [0.1, 0.15) is 6.10 Å². The van der Waals surface area contributed by atoms with Crippen LogP contribution >= 0.6 is 34.2 Å². The Bertz CT molecular complexity index is 1310. The van der Waals surface area contributed by atoms with Crippen molar-refractivity contribution in [2.24, 2.45) is 0 Å². The molecule has 13 heteroatoms. The highest BCUT2D eigenvalue weighted by Crippen LogP contribution is 2.35. The van der Waals surface area contributed by atoms with Gasteiger partial charge in [0.25, 0.3) is 5.91 Å². The van der Waals surface area contributed by atoms with E-state index in [4.69, 9.17) is 21.1 Å². The first-order valence-electron chi connectivity index (χ1n) is 12.9. The van der Waals surface area contributed by atoms with Crippen molar-refractivity contribution in [2.45, 2.75) is 76.5 Å². The number of aliphatic hydroxyl groups is 1. The zero-order valence-electron chi connectivity index (χ0n) is 21.8. The standard InChI is InChI=1S/C26H32ClIN6O5/c1-3-4-5-6-7-11-17(35)38-21-19(36)20(24(37)29-2)39-25(21)34-14-31-18-22(32-26(27)33-23(18)34)30-13-15-9-8-10-16(28)12-15/h8-10,12,14,19-21,25,36H,3-7,11,13H2,1-2H3,(H,29,37)(H,30,32,33)/t19-,20+,21-,25-/m1/s1. The van der Waals surface area contributed by atoms with Gasteiger partial charge in [-0.15, -0.1) is 0 Å². The van der Waals surface area contributed by atoms with E-state index in [1.54, 1.807) is 0 Å². The molecule has 3 heterocycles. The molecular formula is C26H32ClIN6O5. The molecule has 0 saturated carbocycles. The smallest absolute Gasteiger partial charge is 0.306 e. The number of nitrogens with one attached hydrogen (secondary N) is 2. The number of unbranched alkanes of at least 4 members (excludes halogenated alkanes) is 4. The van der Waals surface area contributed by atoms with E-state index in [1.807, 2.05) is 24.3 Å². The molecule has 1 aliphatic heterocycles. The van der Waals surface area contributed by atoms with E-state index in [9.17, 15) is 14.7 Å². The molecule has 3 N–H and O–H groups in total. The van der Waals surface area contributed by atoms with Crippen molar-refractivity contribution in [3.63, 3.8) is 0 Å². The second-order valence-electron chi connectivity index (χ2n) is 9.32. The first kappa shape index (κ1) is 29.4. The van der Waals surface area contributed by atoms with Gasteiger partial charge in [-0.25, -0.2) is 4.98 Å². The van der Waals surface area contributed by atoms with Gasteiger partial charge in [0, 0.05) is 23.6 Å². The van der Waals surface area contributed by atoms with Gasteiger partial charge < -0.3 is 25.2 Å². The summed E-state index contributed by atoms with van der Waals surface area (Å²) in [4.78, 5) is 38.2. The SMILES string of the molecule is CCCCCCCC(=O)O[C@@H]1[C@H](O)[C@@H](C(=O)NC)O[C@H]1n1cnc2c(NCc3cccc(I)c3)nc(Cl)nc21. The fourth-order valence-corrected chi connectivity index (χ4v) is 5.25. The topological polar surface area (TPSA) is 140 Å². The normalized spacial score (nSPS) is 20.7. The minimum Gasteiger partial charge on any atom is -0.455 e. The van der Waals surface area contributed by atoms with Crippen molar-refractivity contribution >= 4 is 63.1 Å². The summed E-state index contributed by atoms with van der Waals surface area (Å²) in [5, 5.41) is 16.6. The quantitative estimate of drug-likeness (QED) is 0.113. The van der Waals surface area contributed by atoms with E-state index in [1.165, 1.54) is 17.9 Å². The average molecular weight is 671 g/mol. The number of imidazole rings is 1. The number of aliphatic hydroxyl groups excluding tert-OH is 1. The molecule has 3 aromatic rings. The number of aromatic nitrogens is 4. The van der Waals surface area contributed by atoms with Crippen molar-refractivity contribution in [2.75, 3.05) is 12.4 Å². The lowest BCUT2D eigenvalue weighted by Crippen LogP contribution is -2.42. The Morgan fingerprint density at radius 3 is 2.77 bits per heavy atom. The van der Waals surface area contributed by atoms with Crippen LogP contribution in [-0.4, -0.2) is 61.9 Å². The number of benzene rings is 1. The zero-order valence-corrected chi connectivity index (χ0v) is 24.7.